The second-order valence-corrected chi connectivity index (χ2v) is 4.12. The first-order valence-corrected chi connectivity index (χ1v) is 5.47. The van der Waals surface area contributed by atoms with Gasteiger partial charge in [0.05, 0.1) is 6.20 Å². The normalized spacial score (nSPS) is 10.9. The third-order valence-corrected chi connectivity index (χ3v) is 2.80. The highest BCUT2D eigenvalue weighted by Gasteiger charge is 2.07. The molecule has 4 nitrogen and oxygen atoms in total. The fourth-order valence-electron chi connectivity index (χ4n) is 1.72. The number of aromatic nitrogens is 3. The van der Waals surface area contributed by atoms with Gasteiger partial charge in [-0.3, -0.25) is 0 Å². The Kier molecular flexibility index (Phi) is 2.23. The van der Waals surface area contributed by atoms with E-state index in [1.54, 1.807) is 23.0 Å². The van der Waals surface area contributed by atoms with Gasteiger partial charge in [-0.05, 0) is 23.8 Å². The lowest BCUT2D eigenvalue weighted by molar-refractivity contribution is 0.942. The van der Waals surface area contributed by atoms with Crippen molar-refractivity contribution in [2.75, 3.05) is 5.73 Å². The number of rotatable bonds is 1. The number of benzene rings is 1. The highest BCUT2D eigenvalue weighted by molar-refractivity contribution is 6.30. The van der Waals surface area contributed by atoms with Crippen LogP contribution in [-0.2, 0) is 0 Å². The Bertz CT molecular complexity index is 673. The molecule has 84 valence electrons. The maximum atomic E-state index is 5.86. The smallest absolute Gasteiger partial charge is 0.165 e. The zero-order valence-electron chi connectivity index (χ0n) is 8.84. The monoisotopic (exact) mass is 244 g/mol. The van der Waals surface area contributed by atoms with Gasteiger partial charge in [0.25, 0.3) is 0 Å². The maximum absolute atomic E-state index is 5.86. The number of hydrogen-bond acceptors (Lipinski definition) is 3. The van der Waals surface area contributed by atoms with Gasteiger partial charge in [0, 0.05) is 16.8 Å². The number of fused-ring (bicyclic) bond motifs is 1. The molecule has 0 spiro atoms. The summed E-state index contributed by atoms with van der Waals surface area (Å²) in [6, 6.07) is 9.26. The molecule has 3 rings (SSSR count). The molecule has 0 unspecified atom stereocenters. The summed E-state index contributed by atoms with van der Waals surface area (Å²) in [7, 11) is 0. The highest BCUT2D eigenvalue weighted by atomic mass is 35.5. The van der Waals surface area contributed by atoms with Crippen LogP contribution >= 0.6 is 11.6 Å². The van der Waals surface area contributed by atoms with Gasteiger partial charge in [-0.25, -0.2) is 9.50 Å². The van der Waals surface area contributed by atoms with Crippen molar-refractivity contribution in [1.82, 2.24) is 14.6 Å². The second kappa shape index (κ2) is 3.75. The van der Waals surface area contributed by atoms with Crippen LogP contribution in [0.3, 0.4) is 0 Å². The molecule has 0 fully saturated rings. The first-order valence-electron chi connectivity index (χ1n) is 5.10. The van der Waals surface area contributed by atoms with Crippen molar-refractivity contribution in [3.63, 3.8) is 0 Å². The second-order valence-electron chi connectivity index (χ2n) is 3.69. The van der Waals surface area contributed by atoms with Gasteiger partial charge in [0.1, 0.15) is 5.82 Å². The molecule has 2 heterocycles. The lowest BCUT2D eigenvalue weighted by Crippen LogP contribution is -1.95. The molecule has 0 aliphatic rings. The first-order chi connectivity index (χ1) is 8.24. The van der Waals surface area contributed by atoms with Crippen LogP contribution in [0.2, 0.25) is 5.02 Å². The van der Waals surface area contributed by atoms with Crippen LogP contribution in [0.25, 0.3) is 16.8 Å². The van der Waals surface area contributed by atoms with Gasteiger partial charge in [-0.2, -0.15) is 5.10 Å². The number of nitrogens with two attached hydrogens (primary N) is 1. The van der Waals surface area contributed by atoms with Gasteiger partial charge in [-0.15, -0.1) is 0 Å². The van der Waals surface area contributed by atoms with Crippen molar-refractivity contribution in [2.24, 2.45) is 0 Å². The molecule has 0 radical (unpaired) electrons. The molecule has 5 heteroatoms. The fourth-order valence-corrected chi connectivity index (χ4v) is 1.84. The Labute approximate surface area is 103 Å². The van der Waals surface area contributed by atoms with Gasteiger partial charge < -0.3 is 5.73 Å². The van der Waals surface area contributed by atoms with Crippen LogP contribution in [0.1, 0.15) is 0 Å². The molecular formula is C12H9ClN4. The van der Waals surface area contributed by atoms with Crippen molar-refractivity contribution < 1.29 is 0 Å². The summed E-state index contributed by atoms with van der Waals surface area (Å²) in [6.07, 6.45) is 3.56. The molecule has 0 saturated carbocycles. The molecule has 2 N–H and O–H groups in total. The summed E-state index contributed by atoms with van der Waals surface area (Å²) in [5, 5.41) is 4.93. The number of nitrogens with zero attached hydrogens (tertiary/aromatic N) is 3. The van der Waals surface area contributed by atoms with Crippen molar-refractivity contribution in [3.05, 3.63) is 47.7 Å². The van der Waals surface area contributed by atoms with Crippen LogP contribution < -0.4 is 5.73 Å². The van der Waals surface area contributed by atoms with Crippen LogP contribution in [-0.4, -0.2) is 14.6 Å². The molecule has 0 bridgehead atoms. The van der Waals surface area contributed by atoms with Crippen LogP contribution in [0.4, 0.5) is 5.82 Å². The predicted octanol–water partition coefficient (Wildman–Crippen LogP) is 2.63. The van der Waals surface area contributed by atoms with Gasteiger partial charge in [-0.1, -0.05) is 23.7 Å². The Hall–Kier alpha value is -2.07. The van der Waals surface area contributed by atoms with E-state index in [0.29, 0.717) is 10.8 Å². The van der Waals surface area contributed by atoms with E-state index >= 15 is 0 Å². The Morgan fingerprint density at radius 3 is 2.65 bits per heavy atom. The molecule has 17 heavy (non-hydrogen) atoms. The molecule has 0 atom stereocenters. The summed E-state index contributed by atoms with van der Waals surface area (Å²) >= 11 is 5.86. The molecule has 0 aliphatic carbocycles. The van der Waals surface area contributed by atoms with E-state index in [9.17, 15) is 0 Å². The third kappa shape index (κ3) is 1.72. The van der Waals surface area contributed by atoms with Gasteiger partial charge >= 0.3 is 0 Å². The van der Waals surface area contributed by atoms with E-state index in [4.69, 9.17) is 17.3 Å². The lowest BCUT2D eigenvalue weighted by Gasteiger charge is -1.99. The Morgan fingerprint density at radius 2 is 1.88 bits per heavy atom. The molecule has 1 aromatic carbocycles. The van der Waals surface area contributed by atoms with E-state index in [0.717, 1.165) is 16.8 Å². The van der Waals surface area contributed by atoms with E-state index < -0.39 is 0 Å². The number of hydrogen-bond donors (Lipinski definition) is 1. The first kappa shape index (κ1) is 10.1. The SMILES string of the molecule is Nc1ccn2ncc(-c3ccc(Cl)cc3)c2n1. The summed E-state index contributed by atoms with van der Waals surface area (Å²) in [4.78, 5) is 4.28. The summed E-state index contributed by atoms with van der Waals surface area (Å²) < 4.78 is 1.69. The summed E-state index contributed by atoms with van der Waals surface area (Å²) in [5.41, 5.74) is 8.38. The molecule has 0 amide bonds. The summed E-state index contributed by atoms with van der Waals surface area (Å²) in [5.74, 6) is 0.480. The standard InChI is InChI=1S/C12H9ClN4/c13-9-3-1-8(2-4-9)10-7-15-17-6-5-11(14)16-12(10)17/h1-7H,(H2,14,16). The van der Waals surface area contributed by atoms with E-state index in [1.165, 1.54) is 0 Å². The number of nitrogen functional groups attached to an aromatic ring is 1. The molecule has 0 aliphatic heterocycles. The van der Waals surface area contributed by atoms with Crippen LogP contribution in [0.15, 0.2) is 42.7 Å². The number of anilines is 1. The van der Waals surface area contributed by atoms with E-state index in [-0.39, 0.29) is 0 Å². The zero-order valence-corrected chi connectivity index (χ0v) is 9.59. The minimum absolute atomic E-state index is 0.480. The van der Waals surface area contributed by atoms with E-state index in [2.05, 4.69) is 10.1 Å². The third-order valence-electron chi connectivity index (χ3n) is 2.55. The van der Waals surface area contributed by atoms with Crippen molar-refractivity contribution in [2.45, 2.75) is 0 Å². The van der Waals surface area contributed by atoms with Crippen molar-refractivity contribution in [1.29, 1.82) is 0 Å². The minimum atomic E-state index is 0.480. The fraction of sp³-hybridized carbons (Fsp3) is 0. The van der Waals surface area contributed by atoms with E-state index in [1.807, 2.05) is 24.3 Å². The van der Waals surface area contributed by atoms with Crippen LogP contribution in [0.5, 0.6) is 0 Å². The maximum Gasteiger partial charge on any atom is 0.165 e. The molecule has 2 aromatic heterocycles. The summed E-state index contributed by atoms with van der Waals surface area (Å²) in [6.45, 7) is 0. The van der Waals surface area contributed by atoms with Gasteiger partial charge in [0.2, 0.25) is 0 Å². The van der Waals surface area contributed by atoms with Crippen molar-refractivity contribution in [3.8, 4) is 11.1 Å². The Morgan fingerprint density at radius 1 is 1.12 bits per heavy atom. The molecule has 3 aromatic rings. The minimum Gasteiger partial charge on any atom is -0.384 e. The quantitative estimate of drug-likeness (QED) is 0.716. The Balaban J connectivity index is 2.23. The van der Waals surface area contributed by atoms with Crippen molar-refractivity contribution >= 4 is 23.1 Å². The molecular weight excluding hydrogens is 236 g/mol. The topological polar surface area (TPSA) is 56.2 Å². The predicted molar refractivity (Wildman–Crippen MR) is 67.8 cm³/mol. The molecule has 0 saturated heterocycles. The van der Waals surface area contributed by atoms with Crippen LogP contribution in [0, 0.1) is 0 Å². The average molecular weight is 245 g/mol. The largest absolute Gasteiger partial charge is 0.384 e. The highest BCUT2D eigenvalue weighted by Crippen LogP contribution is 2.24. The average Bonchev–Trinajstić information content (AvgIpc) is 2.73. The van der Waals surface area contributed by atoms with Gasteiger partial charge in [0.15, 0.2) is 5.65 Å². The zero-order chi connectivity index (χ0) is 11.8. The number of halogens is 1. The lowest BCUT2D eigenvalue weighted by atomic mass is 10.1.